The maximum atomic E-state index is 12.7. The van der Waals surface area contributed by atoms with Crippen LogP contribution in [0.15, 0.2) is 36.5 Å². The van der Waals surface area contributed by atoms with Crippen molar-refractivity contribution in [3.05, 3.63) is 52.3 Å². The van der Waals surface area contributed by atoms with Crippen LogP contribution < -0.4 is 5.32 Å². The van der Waals surface area contributed by atoms with E-state index in [-0.39, 0.29) is 24.0 Å². The Labute approximate surface area is 156 Å². The summed E-state index contributed by atoms with van der Waals surface area (Å²) in [4.78, 5) is 24.9. The number of halogens is 1. The average molecular weight is 378 g/mol. The second-order valence-corrected chi connectivity index (χ2v) is 6.60. The van der Waals surface area contributed by atoms with E-state index in [4.69, 9.17) is 0 Å². The molecule has 1 aromatic heterocycles. The van der Waals surface area contributed by atoms with Crippen LogP contribution in [0.1, 0.15) is 29.8 Å². The molecule has 0 aliphatic carbocycles. The molecule has 0 saturated carbocycles. The number of benzene rings is 1. The van der Waals surface area contributed by atoms with Crippen molar-refractivity contribution >= 4 is 24.0 Å². The fourth-order valence-electron chi connectivity index (χ4n) is 3.60. The second-order valence-electron chi connectivity index (χ2n) is 6.60. The molecule has 1 amide bonds. The number of nitrogens with one attached hydrogen (secondary N) is 1. The van der Waals surface area contributed by atoms with Gasteiger partial charge in [0.2, 0.25) is 0 Å². The van der Waals surface area contributed by atoms with Gasteiger partial charge in [-0.15, -0.1) is 12.4 Å². The number of likely N-dealkylation sites (tertiary alicyclic amines) is 1. The summed E-state index contributed by atoms with van der Waals surface area (Å²) in [6.07, 6.45) is 5.00. The number of fused-ring (bicyclic) bond motifs is 2. The summed E-state index contributed by atoms with van der Waals surface area (Å²) in [5, 5.41) is 18.6. The van der Waals surface area contributed by atoms with Crippen molar-refractivity contribution < 1.29 is 9.72 Å². The lowest BCUT2D eigenvalue weighted by molar-refractivity contribution is -0.384. The van der Waals surface area contributed by atoms with Gasteiger partial charge in [0.25, 0.3) is 11.6 Å². The molecule has 2 aliphatic rings. The summed E-state index contributed by atoms with van der Waals surface area (Å²) in [6, 6.07) is 8.70. The third kappa shape index (κ3) is 3.56. The summed E-state index contributed by atoms with van der Waals surface area (Å²) < 4.78 is 1.57. The molecule has 4 rings (SSSR count). The van der Waals surface area contributed by atoms with Gasteiger partial charge in [0.1, 0.15) is 0 Å². The Balaban J connectivity index is 0.00000196. The van der Waals surface area contributed by atoms with Crippen LogP contribution in [0.4, 0.5) is 5.69 Å². The molecule has 3 heterocycles. The van der Waals surface area contributed by atoms with E-state index in [1.54, 1.807) is 29.1 Å². The monoisotopic (exact) mass is 377 g/mol. The average Bonchev–Trinajstić information content (AvgIpc) is 3.21. The quantitative estimate of drug-likeness (QED) is 0.653. The molecule has 1 aromatic carbocycles. The van der Waals surface area contributed by atoms with E-state index < -0.39 is 4.92 Å². The molecule has 26 heavy (non-hydrogen) atoms. The molecule has 2 aromatic rings. The first kappa shape index (κ1) is 18.3. The molecule has 138 valence electrons. The summed E-state index contributed by atoms with van der Waals surface area (Å²) >= 11 is 0. The van der Waals surface area contributed by atoms with Crippen LogP contribution in [-0.2, 0) is 0 Å². The van der Waals surface area contributed by atoms with Crippen molar-refractivity contribution in [2.45, 2.75) is 31.3 Å². The van der Waals surface area contributed by atoms with E-state index >= 15 is 0 Å². The number of aromatic nitrogens is 2. The first-order valence-electron chi connectivity index (χ1n) is 8.46. The third-order valence-corrected chi connectivity index (χ3v) is 4.94. The first-order chi connectivity index (χ1) is 12.1. The maximum Gasteiger partial charge on any atom is 0.274 e. The lowest BCUT2D eigenvalue weighted by Crippen LogP contribution is -2.39. The summed E-state index contributed by atoms with van der Waals surface area (Å²) in [7, 11) is 0. The number of hydrogen-bond acceptors (Lipinski definition) is 5. The van der Waals surface area contributed by atoms with Crippen LogP contribution >= 0.6 is 12.4 Å². The Morgan fingerprint density at radius 1 is 1.15 bits per heavy atom. The highest BCUT2D eigenvalue weighted by Gasteiger charge is 2.32. The fraction of sp³-hybridized carbons (Fsp3) is 0.412. The number of carbonyl (C=O) groups is 1. The molecule has 2 bridgehead atoms. The number of carbonyl (C=O) groups excluding carboxylic acids is 1. The minimum absolute atomic E-state index is 0. The smallest absolute Gasteiger partial charge is 0.274 e. The molecule has 2 unspecified atom stereocenters. The van der Waals surface area contributed by atoms with Gasteiger partial charge in [0.05, 0.1) is 10.6 Å². The Morgan fingerprint density at radius 2 is 1.88 bits per heavy atom. The van der Waals surface area contributed by atoms with Gasteiger partial charge >= 0.3 is 0 Å². The number of nitrogens with zero attached hydrogens (tertiary/aromatic N) is 4. The molecular weight excluding hydrogens is 358 g/mol. The van der Waals surface area contributed by atoms with Gasteiger partial charge in [-0.2, -0.15) is 5.10 Å². The summed E-state index contributed by atoms with van der Waals surface area (Å²) in [6.45, 7) is 1.47. The number of nitro groups is 1. The Kier molecular flexibility index (Phi) is 5.24. The highest BCUT2D eigenvalue weighted by atomic mass is 35.5. The molecule has 0 spiro atoms. The topological polar surface area (TPSA) is 93.3 Å². The lowest BCUT2D eigenvalue weighted by atomic mass is 10.1. The van der Waals surface area contributed by atoms with Gasteiger partial charge in [-0.3, -0.25) is 14.9 Å². The van der Waals surface area contributed by atoms with Gasteiger partial charge in [-0.25, -0.2) is 4.68 Å². The van der Waals surface area contributed by atoms with Crippen LogP contribution in [0.2, 0.25) is 0 Å². The van der Waals surface area contributed by atoms with Crippen molar-refractivity contribution in [2.75, 3.05) is 13.1 Å². The molecule has 9 heteroatoms. The zero-order chi connectivity index (χ0) is 17.4. The lowest BCUT2D eigenvalue weighted by Gasteiger charge is -2.23. The van der Waals surface area contributed by atoms with Gasteiger partial charge in [-0.05, 0) is 37.5 Å². The minimum Gasteiger partial charge on any atom is -0.336 e. The van der Waals surface area contributed by atoms with Crippen molar-refractivity contribution in [3.8, 4) is 5.69 Å². The highest BCUT2D eigenvalue weighted by Crippen LogP contribution is 2.21. The summed E-state index contributed by atoms with van der Waals surface area (Å²) in [5.74, 6) is -0.0602. The van der Waals surface area contributed by atoms with Gasteiger partial charge in [0, 0.05) is 43.5 Å². The van der Waals surface area contributed by atoms with E-state index in [9.17, 15) is 14.9 Å². The standard InChI is InChI=1S/C17H19N5O3.ClH/c23-17(20-9-7-12-1-2-13(11-20)18-12)16-8-10-21(19-16)14-3-5-15(6-4-14)22(24)25;/h3-6,8,10,12-13,18H,1-2,7,9,11H2;1H. The van der Waals surface area contributed by atoms with Crippen molar-refractivity contribution in [2.24, 2.45) is 0 Å². The van der Waals surface area contributed by atoms with Gasteiger partial charge in [0.15, 0.2) is 5.69 Å². The predicted molar refractivity (Wildman–Crippen MR) is 97.9 cm³/mol. The highest BCUT2D eigenvalue weighted by molar-refractivity contribution is 5.92. The zero-order valence-corrected chi connectivity index (χ0v) is 14.9. The molecule has 2 aliphatic heterocycles. The first-order valence-corrected chi connectivity index (χ1v) is 8.46. The molecule has 2 atom stereocenters. The Bertz CT molecular complexity index is 807. The minimum atomic E-state index is -0.442. The maximum absolute atomic E-state index is 12.7. The van der Waals surface area contributed by atoms with E-state index in [1.807, 2.05) is 4.90 Å². The number of rotatable bonds is 3. The van der Waals surface area contributed by atoms with Crippen LogP contribution in [0, 0.1) is 10.1 Å². The van der Waals surface area contributed by atoms with Gasteiger partial charge in [-0.1, -0.05) is 0 Å². The Morgan fingerprint density at radius 3 is 2.62 bits per heavy atom. The van der Waals surface area contributed by atoms with E-state index in [2.05, 4.69) is 10.4 Å². The predicted octanol–water partition coefficient (Wildman–Crippen LogP) is 2.17. The van der Waals surface area contributed by atoms with Crippen LogP contribution in [-0.4, -0.2) is 50.7 Å². The second kappa shape index (κ2) is 7.43. The molecule has 2 fully saturated rings. The van der Waals surface area contributed by atoms with Crippen molar-refractivity contribution in [1.29, 1.82) is 0 Å². The largest absolute Gasteiger partial charge is 0.336 e. The number of non-ortho nitro benzene ring substituents is 1. The van der Waals surface area contributed by atoms with Crippen LogP contribution in [0.3, 0.4) is 0 Å². The SMILES string of the molecule is Cl.O=C(c1ccn(-c2ccc([N+](=O)[O-])cc2)n1)N1CCC2CCC(C1)N2. The number of amides is 1. The fourth-order valence-corrected chi connectivity index (χ4v) is 3.60. The number of hydrogen-bond donors (Lipinski definition) is 1. The van der Waals surface area contributed by atoms with E-state index in [0.717, 1.165) is 25.9 Å². The molecule has 1 N–H and O–H groups in total. The third-order valence-electron chi connectivity index (χ3n) is 4.94. The van der Waals surface area contributed by atoms with Crippen LogP contribution in [0.5, 0.6) is 0 Å². The van der Waals surface area contributed by atoms with E-state index in [1.165, 1.54) is 18.6 Å². The molecular formula is C17H20ClN5O3. The zero-order valence-electron chi connectivity index (χ0n) is 14.1. The van der Waals surface area contributed by atoms with Crippen molar-refractivity contribution in [3.63, 3.8) is 0 Å². The van der Waals surface area contributed by atoms with E-state index in [0.29, 0.717) is 23.5 Å². The summed E-state index contributed by atoms with van der Waals surface area (Å²) in [5.41, 5.74) is 1.11. The normalized spacial score (nSPS) is 21.8. The van der Waals surface area contributed by atoms with Crippen molar-refractivity contribution in [1.82, 2.24) is 20.0 Å². The Hall–Kier alpha value is -2.45. The number of nitro benzene ring substituents is 1. The molecule has 2 saturated heterocycles. The van der Waals surface area contributed by atoms with Crippen LogP contribution in [0.25, 0.3) is 5.69 Å². The molecule has 0 radical (unpaired) electrons. The van der Waals surface area contributed by atoms with Gasteiger partial charge < -0.3 is 10.2 Å². The molecule has 8 nitrogen and oxygen atoms in total.